The lowest BCUT2D eigenvalue weighted by Gasteiger charge is -2.34. The maximum absolute atomic E-state index is 3.65. The maximum atomic E-state index is 3.65. The molecule has 2 nitrogen and oxygen atoms in total. The van der Waals surface area contributed by atoms with Crippen LogP contribution in [0, 0.1) is 12.8 Å². The molecular weight excluding hydrogens is 288 g/mol. The number of anilines is 1. The lowest BCUT2D eigenvalue weighted by molar-refractivity contribution is 0.197. The smallest absolute Gasteiger partial charge is 0.0486 e. The summed E-state index contributed by atoms with van der Waals surface area (Å²) in [5.41, 5.74) is 2.50. The Kier molecular flexibility index (Phi) is 4.68. The largest absolute Gasteiger partial charge is 0.381 e. The van der Waals surface area contributed by atoms with E-state index in [0.29, 0.717) is 6.04 Å². The number of nitrogens with zero attached hydrogens (tertiary/aromatic N) is 1. The summed E-state index contributed by atoms with van der Waals surface area (Å²) in [5.74, 6) is 0.747. The minimum atomic E-state index is 0.520. The van der Waals surface area contributed by atoms with Gasteiger partial charge in [-0.15, -0.1) is 0 Å². The zero-order chi connectivity index (χ0) is 13.1. The van der Waals surface area contributed by atoms with E-state index in [0.717, 1.165) is 5.92 Å². The summed E-state index contributed by atoms with van der Waals surface area (Å²) in [7, 11) is 2.22. The first-order valence-corrected chi connectivity index (χ1v) is 7.57. The van der Waals surface area contributed by atoms with Crippen LogP contribution in [0.3, 0.4) is 0 Å². The average Bonchev–Trinajstić information content (AvgIpc) is 2.32. The number of rotatable bonds is 3. The van der Waals surface area contributed by atoms with Gasteiger partial charge in [-0.1, -0.05) is 6.07 Å². The predicted octanol–water partition coefficient (Wildman–Crippen LogP) is 3.90. The number of nitrogens with one attached hydrogen (secondary N) is 1. The lowest BCUT2D eigenvalue weighted by atomic mass is 9.91. The van der Waals surface area contributed by atoms with Crippen LogP contribution in [0.25, 0.3) is 0 Å². The van der Waals surface area contributed by atoms with Crippen LogP contribution >= 0.6 is 15.9 Å². The minimum absolute atomic E-state index is 0.520. The molecule has 2 rings (SSSR count). The molecule has 1 N–H and O–H groups in total. The molecule has 0 bridgehead atoms. The molecule has 0 aromatic heterocycles. The Balaban J connectivity index is 1.99. The zero-order valence-electron chi connectivity index (χ0n) is 11.5. The number of piperidine rings is 1. The fraction of sp³-hybridized carbons (Fsp3) is 0.600. The van der Waals surface area contributed by atoms with E-state index in [4.69, 9.17) is 0 Å². The van der Waals surface area contributed by atoms with Crippen molar-refractivity contribution >= 4 is 21.6 Å². The summed E-state index contributed by atoms with van der Waals surface area (Å²) in [5, 5.41) is 3.65. The molecule has 1 fully saturated rings. The molecule has 1 aliphatic rings. The quantitative estimate of drug-likeness (QED) is 0.911. The van der Waals surface area contributed by atoms with Gasteiger partial charge in [0.15, 0.2) is 0 Å². The van der Waals surface area contributed by atoms with Crippen molar-refractivity contribution in [1.29, 1.82) is 0 Å². The molecule has 0 spiro atoms. The molecule has 100 valence electrons. The molecule has 1 saturated heterocycles. The second-order valence-corrected chi connectivity index (χ2v) is 6.44. The first-order chi connectivity index (χ1) is 8.56. The van der Waals surface area contributed by atoms with E-state index in [1.807, 2.05) is 0 Å². The van der Waals surface area contributed by atoms with Gasteiger partial charge in [0, 0.05) is 22.7 Å². The number of halogens is 1. The maximum Gasteiger partial charge on any atom is 0.0486 e. The molecule has 18 heavy (non-hydrogen) atoms. The van der Waals surface area contributed by atoms with Gasteiger partial charge in [-0.2, -0.15) is 0 Å². The Bertz CT molecular complexity index is 405. The van der Waals surface area contributed by atoms with Gasteiger partial charge in [0.2, 0.25) is 0 Å². The normalized spacial score (nSPS) is 22.8. The van der Waals surface area contributed by atoms with Crippen molar-refractivity contribution in [3.8, 4) is 0 Å². The summed E-state index contributed by atoms with van der Waals surface area (Å²) in [6.45, 7) is 6.87. The van der Waals surface area contributed by atoms with Gasteiger partial charge in [-0.25, -0.2) is 0 Å². The second kappa shape index (κ2) is 6.07. The molecule has 1 aliphatic heterocycles. The predicted molar refractivity (Wildman–Crippen MR) is 82.2 cm³/mol. The van der Waals surface area contributed by atoms with Crippen LogP contribution in [0.1, 0.15) is 25.3 Å². The molecule has 1 aromatic rings. The summed E-state index contributed by atoms with van der Waals surface area (Å²) in [6, 6.07) is 7.02. The standard InChI is InChI=1S/C15H23BrN2/c1-11-6-7-15(14(16)9-11)17-12(2)13-5-4-8-18(3)10-13/h6-7,9,12-13,17H,4-5,8,10H2,1-3H3. The van der Waals surface area contributed by atoms with Crippen LogP contribution in [0.2, 0.25) is 0 Å². The minimum Gasteiger partial charge on any atom is -0.381 e. The van der Waals surface area contributed by atoms with Crippen molar-refractivity contribution in [2.75, 3.05) is 25.5 Å². The summed E-state index contributed by atoms with van der Waals surface area (Å²) in [6.07, 6.45) is 2.66. The SMILES string of the molecule is Cc1ccc(NC(C)C2CCCN(C)C2)c(Br)c1. The van der Waals surface area contributed by atoms with Crippen LogP contribution in [0.4, 0.5) is 5.69 Å². The van der Waals surface area contributed by atoms with E-state index < -0.39 is 0 Å². The number of aryl methyl sites for hydroxylation is 1. The monoisotopic (exact) mass is 310 g/mol. The van der Waals surface area contributed by atoms with Crippen LogP contribution in [0.15, 0.2) is 22.7 Å². The van der Waals surface area contributed by atoms with Gasteiger partial charge < -0.3 is 10.2 Å². The van der Waals surface area contributed by atoms with E-state index in [2.05, 4.69) is 65.2 Å². The van der Waals surface area contributed by atoms with Crippen LogP contribution < -0.4 is 5.32 Å². The second-order valence-electron chi connectivity index (χ2n) is 5.58. The van der Waals surface area contributed by atoms with Crippen molar-refractivity contribution in [3.05, 3.63) is 28.2 Å². The Morgan fingerprint density at radius 3 is 2.89 bits per heavy atom. The van der Waals surface area contributed by atoms with Crippen LogP contribution in [-0.4, -0.2) is 31.1 Å². The molecule has 1 heterocycles. The van der Waals surface area contributed by atoms with Gasteiger partial charge in [0.1, 0.15) is 0 Å². The Hall–Kier alpha value is -0.540. The number of likely N-dealkylation sites (tertiary alicyclic amines) is 1. The van der Waals surface area contributed by atoms with Crippen molar-refractivity contribution < 1.29 is 0 Å². The van der Waals surface area contributed by atoms with E-state index >= 15 is 0 Å². The van der Waals surface area contributed by atoms with Gasteiger partial charge in [-0.3, -0.25) is 0 Å². The molecule has 0 amide bonds. The highest BCUT2D eigenvalue weighted by Gasteiger charge is 2.22. The molecule has 1 aromatic carbocycles. The number of hydrogen-bond donors (Lipinski definition) is 1. The Morgan fingerprint density at radius 2 is 2.22 bits per heavy atom. The fourth-order valence-corrected chi connectivity index (χ4v) is 3.32. The third-order valence-corrected chi connectivity index (χ3v) is 4.53. The Labute approximate surface area is 119 Å². The highest BCUT2D eigenvalue weighted by molar-refractivity contribution is 9.10. The summed E-state index contributed by atoms with van der Waals surface area (Å²) >= 11 is 3.64. The molecule has 0 radical (unpaired) electrons. The van der Waals surface area contributed by atoms with E-state index in [1.54, 1.807) is 0 Å². The van der Waals surface area contributed by atoms with Gasteiger partial charge in [-0.05, 0) is 79.8 Å². The third kappa shape index (κ3) is 3.48. The van der Waals surface area contributed by atoms with Gasteiger partial charge in [0.05, 0.1) is 0 Å². The first-order valence-electron chi connectivity index (χ1n) is 6.77. The molecule has 3 heteroatoms. The van der Waals surface area contributed by atoms with Crippen molar-refractivity contribution in [2.45, 2.75) is 32.7 Å². The van der Waals surface area contributed by atoms with E-state index in [-0.39, 0.29) is 0 Å². The van der Waals surface area contributed by atoms with E-state index in [9.17, 15) is 0 Å². The zero-order valence-corrected chi connectivity index (χ0v) is 13.1. The molecule has 2 unspecified atom stereocenters. The highest BCUT2D eigenvalue weighted by atomic mass is 79.9. The fourth-order valence-electron chi connectivity index (χ4n) is 2.71. The van der Waals surface area contributed by atoms with Crippen LogP contribution in [0.5, 0.6) is 0 Å². The lowest BCUT2D eigenvalue weighted by Crippen LogP contribution is -2.39. The molecule has 0 aliphatic carbocycles. The number of benzene rings is 1. The molecular formula is C15H23BrN2. The molecule has 2 atom stereocenters. The first kappa shape index (κ1) is 13.9. The van der Waals surface area contributed by atoms with E-state index in [1.165, 1.54) is 41.7 Å². The highest BCUT2D eigenvalue weighted by Crippen LogP contribution is 2.27. The molecule has 0 saturated carbocycles. The van der Waals surface area contributed by atoms with Gasteiger partial charge in [0.25, 0.3) is 0 Å². The number of hydrogen-bond acceptors (Lipinski definition) is 2. The van der Waals surface area contributed by atoms with Crippen molar-refractivity contribution in [2.24, 2.45) is 5.92 Å². The third-order valence-electron chi connectivity index (χ3n) is 3.88. The van der Waals surface area contributed by atoms with Crippen molar-refractivity contribution in [3.63, 3.8) is 0 Å². The van der Waals surface area contributed by atoms with Gasteiger partial charge >= 0.3 is 0 Å². The van der Waals surface area contributed by atoms with Crippen molar-refractivity contribution in [1.82, 2.24) is 4.90 Å². The van der Waals surface area contributed by atoms with Crippen LogP contribution in [-0.2, 0) is 0 Å². The topological polar surface area (TPSA) is 15.3 Å². The average molecular weight is 311 g/mol. The summed E-state index contributed by atoms with van der Waals surface area (Å²) < 4.78 is 1.17. The Morgan fingerprint density at radius 1 is 1.44 bits per heavy atom. The summed E-state index contributed by atoms with van der Waals surface area (Å²) in [4.78, 5) is 2.44.